The molecule has 5 nitrogen and oxygen atoms in total. The normalized spacial score (nSPS) is 16.6. The van der Waals surface area contributed by atoms with E-state index in [1.54, 1.807) is 24.4 Å². The summed E-state index contributed by atoms with van der Waals surface area (Å²) in [5, 5.41) is 6.09. The highest BCUT2D eigenvalue weighted by Crippen LogP contribution is 2.13. The van der Waals surface area contributed by atoms with Gasteiger partial charge in [-0.15, -0.1) is 0 Å². The Kier molecular flexibility index (Phi) is 5.95. The Morgan fingerprint density at radius 3 is 2.76 bits per heavy atom. The largest absolute Gasteiger partial charge is 0.381 e. The van der Waals surface area contributed by atoms with Crippen LogP contribution in [0.25, 0.3) is 0 Å². The number of ether oxygens (including phenoxy) is 1. The molecule has 0 spiro atoms. The van der Waals surface area contributed by atoms with Crippen LogP contribution < -0.4 is 10.6 Å². The van der Waals surface area contributed by atoms with Crippen LogP contribution in [-0.2, 0) is 11.2 Å². The van der Waals surface area contributed by atoms with Gasteiger partial charge in [0.25, 0.3) is 5.91 Å². The summed E-state index contributed by atoms with van der Waals surface area (Å²) in [7, 11) is 0. The first kappa shape index (κ1) is 17.4. The number of rotatable bonds is 7. The summed E-state index contributed by atoms with van der Waals surface area (Å²) in [5.74, 6) is -0.474. The van der Waals surface area contributed by atoms with Crippen LogP contribution in [0.1, 0.15) is 28.9 Å². The number of hydrogen-bond donors (Lipinski definition) is 2. The minimum atomic E-state index is -0.259. The Hall–Kier alpha value is -2.47. The second-order valence-corrected chi connectivity index (χ2v) is 6.08. The fourth-order valence-corrected chi connectivity index (χ4v) is 2.73. The van der Waals surface area contributed by atoms with Crippen LogP contribution in [0.3, 0.4) is 0 Å². The third kappa shape index (κ3) is 5.26. The van der Waals surface area contributed by atoms with E-state index in [1.165, 1.54) is 12.1 Å². The maximum absolute atomic E-state index is 12.8. The Morgan fingerprint density at radius 2 is 2.08 bits per heavy atom. The molecule has 0 bridgehead atoms. The van der Waals surface area contributed by atoms with Gasteiger partial charge in [0.05, 0.1) is 18.0 Å². The Balaban J connectivity index is 1.42. The molecule has 1 atom stereocenters. The summed E-state index contributed by atoms with van der Waals surface area (Å²) in [6.45, 7) is 2.07. The summed E-state index contributed by atoms with van der Waals surface area (Å²) in [4.78, 5) is 16.3. The lowest BCUT2D eigenvalue weighted by Gasteiger charge is -2.12. The van der Waals surface area contributed by atoms with Crippen molar-refractivity contribution in [2.24, 2.45) is 0 Å². The highest BCUT2D eigenvalue weighted by Gasteiger charge is 2.15. The molecule has 1 fully saturated rings. The number of amides is 1. The van der Waals surface area contributed by atoms with Crippen LogP contribution in [0.15, 0.2) is 42.6 Å². The molecule has 0 radical (unpaired) electrons. The average molecular weight is 343 g/mol. The van der Waals surface area contributed by atoms with E-state index in [4.69, 9.17) is 4.74 Å². The van der Waals surface area contributed by atoms with Crippen molar-refractivity contribution in [1.82, 2.24) is 10.3 Å². The molecule has 6 heteroatoms. The van der Waals surface area contributed by atoms with E-state index in [0.717, 1.165) is 37.2 Å². The number of aromatic nitrogens is 1. The Bertz CT molecular complexity index is 683. The van der Waals surface area contributed by atoms with Gasteiger partial charge in [-0.3, -0.25) is 4.79 Å². The molecule has 1 aromatic heterocycles. The summed E-state index contributed by atoms with van der Waals surface area (Å²) >= 11 is 0. The molecule has 1 saturated heterocycles. The van der Waals surface area contributed by atoms with E-state index in [2.05, 4.69) is 15.6 Å². The van der Waals surface area contributed by atoms with Gasteiger partial charge in [-0.2, -0.15) is 0 Å². The van der Waals surface area contributed by atoms with Gasteiger partial charge < -0.3 is 15.4 Å². The third-order valence-corrected chi connectivity index (χ3v) is 4.17. The fourth-order valence-electron chi connectivity index (χ4n) is 2.73. The zero-order valence-electron chi connectivity index (χ0n) is 14.0. The van der Waals surface area contributed by atoms with Gasteiger partial charge in [0.15, 0.2) is 0 Å². The van der Waals surface area contributed by atoms with Gasteiger partial charge >= 0.3 is 0 Å². The zero-order valence-corrected chi connectivity index (χ0v) is 14.0. The van der Waals surface area contributed by atoms with Gasteiger partial charge in [-0.25, -0.2) is 9.37 Å². The molecular weight excluding hydrogens is 321 g/mol. The number of pyridine rings is 1. The molecule has 132 valence electrons. The minimum Gasteiger partial charge on any atom is -0.381 e. The Labute approximate surface area is 146 Å². The maximum atomic E-state index is 12.8. The van der Waals surface area contributed by atoms with Crippen molar-refractivity contribution < 1.29 is 13.9 Å². The van der Waals surface area contributed by atoms with Gasteiger partial charge in [-0.05, 0) is 49.1 Å². The smallest absolute Gasteiger partial charge is 0.269 e. The van der Waals surface area contributed by atoms with Crippen molar-refractivity contribution in [3.8, 4) is 0 Å². The second kappa shape index (κ2) is 8.58. The van der Waals surface area contributed by atoms with Crippen LogP contribution in [0.5, 0.6) is 0 Å². The molecule has 0 aliphatic carbocycles. The van der Waals surface area contributed by atoms with E-state index >= 15 is 0 Å². The fraction of sp³-hybridized carbons (Fsp3) is 0.368. The first-order valence-electron chi connectivity index (χ1n) is 8.55. The van der Waals surface area contributed by atoms with Crippen molar-refractivity contribution in [2.45, 2.75) is 25.4 Å². The number of halogens is 1. The van der Waals surface area contributed by atoms with E-state index in [9.17, 15) is 9.18 Å². The SMILES string of the molecule is O=C(NCCc1ccc(F)cc1)c1ccc(NCC2CCCO2)cn1. The highest BCUT2D eigenvalue weighted by molar-refractivity contribution is 5.92. The maximum Gasteiger partial charge on any atom is 0.269 e. The molecular formula is C19H22FN3O2. The summed E-state index contributed by atoms with van der Waals surface area (Å²) in [6, 6.07) is 9.81. The van der Waals surface area contributed by atoms with Gasteiger partial charge in [0.1, 0.15) is 11.5 Å². The number of anilines is 1. The molecule has 3 rings (SSSR count). The van der Waals surface area contributed by atoms with Crippen molar-refractivity contribution in [3.05, 3.63) is 59.7 Å². The molecule has 1 aromatic carbocycles. The first-order valence-corrected chi connectivity index (χ1v) is 8.55. The molecule has 1 aliphatic rings. The van der Waals surface area contributed by atoms with Crippen molar-refractivity contribution in [2.75, 3.05) is 25.0 Å². The number of nitrogens with zero attached hydrogens (tertiary/aromatic N) is 1. The number of carbonyl (C=O) groups excluding carboxylic acids is 1. The zero-order chi connectivity index (χ0) is 17.5. The average Bonchev–Trinajstić information content (AvgIpc) is 3.15. The molecule has 25 heavy (non-hydrogen) atoms. The molecule has 0 saturated carbocycles. The number of carbonyl (C=O) groups is 1. The van der Waals surface area contributed by atoms with Gasteiger partial charge in [-0.1, -0.05) is 12.1 Å². The van der Waals surface area contributed by atoms with E-state index in [1.807, 2.05) is 6.07 Å². The van der Waals surface area contributed by atoms with Gasteiger partial charge in [0, 0.05) is 19.7 Å². The highest BCUT2D eigenvalue weighted by atomic mass is 19.1. The standard InChI is InChI=1S/C19H22FN3O2/c20-15-5-3-14(4-6-15)9-10-21-19(24)18-8-7-16(12-23-18)22-13-17-2-1-11-25-17/h3-8,12,17,22H,1-2,9-11,13H2,(H,21,24). The van der Waals surface area contributed by atoms with Crippen molar-refractivity contribution in [3.63, 3.8) is 0 Å². The molecule has 2 aromatic rings. The van der Waals surface area contributed by atoms with Crippen LogP contribution in [-0.4, -0.2) is 36.7 Å². The molecule has 1 amide bonds. The summed E-state index contributed by atoms with van der Waals surface area (Å²) in [5.41, 5.74) is 2.23. The lowest BCUT2D eigenvalue weighted by molar-refractivity contribution is 0.0949. The van der Waals surface area contributed by atoms with E-state index in [0.29, 0.717) is 18.7 Å². The topological polar surface area (TPSA) is 63.2 Å². The van der Waals surface area contributed by atoms with Crippen LogP contribution in [0.4, 0.5) is 10.1 Å². The van der Waals surface area contributed by atoms with Crippen molar-refractivity contribution >= 4 is 11.6 Å². The minimum absolute atomic E-state index is 0.215. The lowest BCUT2D eigenvalue weighted by atomic mass is 10.1. The number of hydrogen-bond acceptors (Lipinski definition) is 4. The quantitative estimate of drug-likeness (QED) is 0.811. The van der Waals surface area contributed by atoms with Crippen LogP contribution >= 0.6 is 0 Å². The summed E-state index contributed by atoms with van der Waals surface area (Å²) in [6.07, 6.45) is 4.75. The molecule has 1 aliphatic heterocycles. The van der Waals surface area contributed by atoms with Crippen LogP contribution in [0.2, 0.25) is 0 Å². The predicted molar refractivity (Wildman–Crippen MR) is 94.1 cm³/mol. The molecule has 1 unspecified atom stereocenters. The molecule has 2 N–H and O–H groups in total. The third-order valence-electron chi connectivity index (χ3n) is 4.17. The van der Waals surface area contributed by atoms with Crippen LogP contribution in [0, 0.1) is 5.82 Å². The lowest BCUT2D eigenvalue weighted by Crippen LogP contribution is -2.26. The number of benzene rings is 1. The van der Waals surface area contributed by atoms with E-state index < -0.39 is 0 Å². The first-order chi connectivity index (χ1) is 12.2. The molecule has 2 heterocycles. The monoisotopic (exact) mass is 343 g/mol. The second-order valence-electron chi connectivity index (χ2n) is 6.08. The summed E-state index contributed by atoms with van der Waals surface area (Å²) < 4.78 is 18.4. The van der Waals surface area contributed by atoms with E-state index in [-0.39, 0.29) is 17.8 Å². The number of nitrogens with one attached hydrogen (secondary N) is 2. The Morgan fingerprint density at radius 1 is 1.24 bits per heavy atom. The van der Waals surface area contributed by atoms with Crippen molar-refractivity contribution in [1.29, 1.82) is 0 Å². The van der Waals surface area contributed by atoms with Gasteiger partial charge in [0.2, 0.25) is 0 Å². The predicted octanol–water partition coefficient (Wildman–Crippen LogP) is 2.78.